The number of benzene rings is 2. The number of aryl methyl sites for hydroxylation is 1. The molecule has 0 spiro atoms. The van der Waals surface area contributed by atoms with E-state index >= 15 is 0 Å². The molecule has 0 unspecified atom stereocenters. The number of Topliss-reactive ketones (excluding diaryl/α,β-unsaturated/α-hetero) is 1. The summed E-state index contributed by atoms with van der Waals surface area (Å²) in [6.07, 6.45) is 0. The van der Waals surface area contributed by atoms with E-state index in [-0.39, 0.29) is 5.78 Å². The number of nitrogens with zero attached hydrogens (tertiary/aromatic N) is 1. The summed E-state index contributed by atoms with van der Waals surface area (Å²) in [6.45, 7) is 3.48. The average Bonchev–Trinajstić information content (AvgIpc) is 2.44. The monoisotopic (exact) mass is 318 g/mol. The lowest BCUT2D eigenvalue weighted by Crippen LogP contribution is -2.08. The quantitative estimate of drug-likeness (QED) is 0.382. The summed E-state index contributed by atoms with van der Waals surface area (Å²) >= 11 is 7.24. The molecule has 1 N–H and O–H groups in total. The number of hydrazone groups is 1. The lowest BCUT2D eigenvalue weighted by molar-refractivity contribution is -0.110. The van der Waals surface area contributed by atoms with Crippen molar-refractivity contribution in [2.24, 2.45) is 5.10 Å². The number of hydrogen-bond acceptors (Lipinski definition) is 4. The highest BCUT2D eigenvalue weighted by Gasteiger charge is 2.09. The van der Waals surface area contributed by atoms with E-state index in [0.29, 0.717) is 10.1 Å². The molecule has 2 aromatic carbocycles. The van der Waals surface area contributed by atoms with Gasteiger partial charge in [-0.2, -0.15) is 5.10 Å². The highest BCUT2D eigenvalue weighted by molar-refractivity contribution is 8.15. The average molecular weight is 319 g/mol. The molecule has 21 heavy (non-hydrogen) atoms. The third kappa shape index (κ3) is 4.62. The van der Waals surface area contributed by atoms with E-state index in [1.807, 2.05) is 43.3 Å². The van der Waals surface area contributed by atoms with Crippen molar-refractivity contribution in [1.82, 2.24) is 0 Å². The summed E-state index contributed by atoms with van der Waals surface area (Å²) in [5.74, 6) is -0.0962. The van der Waals surface area contributed by atoms with Gasteiger partial charge in [0.05, 0.1) is 5.69 Å². The number of para-hydroxylation sites is 1. The van der Waals surface area contributed by atoms with E-state index in [9.17, 15) is 4.79 Å². The fourth-order valence-corrected chi connectivity index (χ4v) is 2.67. The fourth-order valence-electron chi connectivity index (χ4n) is 1.62. The van der Waals surface area contributed by atoms with Gasteiger partial charge in [-0.05, 0) is 36.8 Å². The number of halogens is 1. The largest absolute Gasteiger partial charge is 0.292 e. The molecule has 0 saturated carbocycles. The molecule has 0 aliphatic heterocycles. The van der Waals surface area contributed by atoms with Gasteiger partial charge in [0, 0.05) is 16.8 Å². The summed E-state index contributed by atoms with van der Waals surface area (Å²) in [4.78, 5) is 12.6. The maximum atomic E-state index is 11.7. The number of anilines is 1. The zero-order valence-electron chi connectivity index (χ0n) is 11.8. The number of thioether (sulfide) groups is 1. The minimum Gasteiger partial charge on any atom is -0.292 e. The third-order valence-corrected chi connectivity index (χ3v) is 4.03. The Bertz CT molecular complexity index is 685. The molecule has 0 aliphatic carbocycles. The van der Waals surface area contributed by atoms with Crippen LogP contribution >= 0.6 is 23.4 Å². The van der Waals surface area contributed by atoms with Gasteiger partial charge in [-0.1, -0.05) is 47.6 Å². The fraction of sp³-hybridized carbons (Fsp3) is 0.125. The van der Waals surface area contributed by atoms with Gasteiger partial charge in [0.2, 0.25) is 0 Å². The highest BCUT2D eigenvalue weighted by Crippen LogP contribution is 2.24. The van der Waals surface area contributed by atoms with Crippen molar-refractivity contribution in [1.29, 1.82) is 0 Å². The van der Waals surface area contributed by atoms with Crippen molar-refractivity contribution < 1.29 is 4.79 Å². The van der Waals surface area contributed by atoms with Crippen LogP contribution in [0.3, 0.4) is 0 Å². The Morgan fingerprint density at radius 1 is 1.19 bits per heavy atom. The summed E-state index contributed by atoms with van der Waals surface area (Å²) < 4.78 is 0. The van der Waals surface area contributed by atoms with Crippen LogP contribution in [0, 0.1) is 6.92 Å². The molecular formula is C16H15ClN2OS. The normalized spacial score (nSPS) is 11.3. The number of carbonyl (C=O) groups is 1. The molecule has 0 radical (unpaired) electrons. The molecule has 108 valence electrons. The molecule has 0 heterocycles. The lowest BCUT2D eigenvalue weighted by Gasteiger charge is -2.07. The molecule has 0 bridgehead atoms. The maximum Gasteiger partial charge on any atom is 0.186 e. The molecule has 0 fully saturated rings. The highest BCUT2D eigenvalue weighted by atomic mass is 35.5. The number of nitrogens with one attached hydrogen (secondary N) is 1. The zero-order chi connectivity index (χ0) is 15.2. The Morgan fingerprint density at radius 3 is 2.62 bits per heavy atom. The first-order chi connectivity index (χ1) is 10.1. The van der Waals surface area contributed by atoms with Crippen LogP contribution in [0.4, 0.5) is 5.69 Å². The van der Waals surface area contributed by atoms with Crippen LogP contribution in [-0.2, 0) is 4.79 Å². The number of hydrogen-bond donors (Lipinski definition) is 1. The van der Waals surface area contributed by atoms with E-state index < -0.39 is 0 Å². The van der Waals surface area contributed by atoms with E-state index in [1.165, 1.54) is 18.7 Å². The SMILES string of the molecule is CC(=O)/C(=N\Nc1ccccc1C)Sc1cccc(Cl)c1. The van der Waals surface area contributed by atoms with Crippen molar-refractivity contribution in [2.75, 3.05) is 5.43 Å². The van der Waals surface area contributed by atoms with Crippen LogP contribution in [-0.4, -0.2) is 10.8 Å². The first-order valence-electron chi connectivity index (χ1n) is 6.40. The lowest BCUT2D eigenvalue weighted by atomic mass is 10.2. The first kappa shape index (κ1) is 15.6. The van der Waals surface area contributed by atoms with Crippen molar-refractivity contribution in [3.8, 4) is 0 Å². The van der Waals surface area contributed by atoms with Crippen LogP contribution in [0.5, 0.6) is 0 Å². The summed E-state index contributed by atoms with van der Waals surface area (Å²) in [5, 5.41) is 5.24. The molecule has 2 aromatic rings. The van der Waals surface area contributed by atoms with Crippen LogP contribution < -0.4 is 5.43 Å². The topological polar surface area (TPSA) is 41.5 Å². The van der Waals surface area contributed by atoms with E-state index in [1.54, 1.807) is 12.1 Å². The predicted octanol–water partition coefficient (Wildman–Crippen LogP) is 4.76. The van der Waals surface area contributed by atoms with Gasteiger partial charge < -0.3 is 0 Å². The zero-order valence-corrected chi connectivity index (χ0v) is 13.3. The van der Waals surface area contributed by atoms with Crippen LogP contribution in [0.2, 0.25) is 5.02 Å². The minimum atomic E-state index is -0.0962. The van der Waals surface area contributed by atoms with E-state index in [4.69, 9.17) is 11.6 Å². The van der Waals surface area contributed by atoms with Gasteiger partial charge in [0.1, 0.15) is 0 Å². The van der Waals surface area contributed by atoms with Crippen LogP contribution in [0.15, 0.2) is 58.5 Å². The second kappa shape index (κ2) is 7.29. The third-order valence-electron chi connectivity index (χ3n) is 2.73. The minimum absolute atomic E-state index is 0.0962. The van der Waals surface area contributed by atoms with Gasteiger partial charge in [-0.25, -0.2) is 0 Å². The van der Waals surface area contributed by atoms with Crippen LogP contribution in [0.1, 0.15) is 12.5 Å². The van der Waals surface area contributed by atoms with Gasteiger partial charge in [-0.15, -0.1) is 0 Å². The Labute approximate surface area is 133 Å². The molecule has 2 rings (SSSR count). The second-order valence-electron chi connectivity index (χ2n) is 4.46. The van der Waals surface area contributed by atoms with Gasteiger partial charge >= 0.3 is 0 Å². The Balaban J connectivity index is 2.17. The van der Waals surface area contributed by atoms with E-state index in [2.05, 4.69) is 10.5 Å². The Kier molecular flexibility index (Phi) is 5.42. The maximum absolute atomic E-state index is 11.7. The molecular weight excluding hydrogens is 304 g/mol. The van der Waals surface area contributed by atoms with Crippen LogP contribution in [0.25, 0.3) is 0 Å². The summed E-state index contributed by atoms with van der Waals surface area (Å²) in [6, 6.07) is 15.1. The number of ketones is 1. The molecule has 3 nitrogen and oxygen atoms in total. The Morgan fingerprint density at radius 2 is 1.95 bits per heavy atom. The number of carbonyl (C=O) groups excluding carboxylic acids is 1. The molecule has 0 saturated heterocycles. The predicted molar refractivity (Wildman–Crippen MR) is 90.2 cm³/mol. The first-order valence-corrected chi connectivity index (χ1v) is 7.59. The second-order valence-corrected chi connectivity index (χ2v) is 5.96. The standard InChI is InChI=1S/C16H15ClN2OS/c1-11-6-3-4-9-15(11)18-19-16(12(2)20)21-14-8-5-7-13(17)10-14/h3-10,18H,1-2H3/b19-16+. The molecule has 0 amide bonds. The summed E-state index contributed by atoms with van der Waals surface area (Å²) in [7, 11) is 0. The van der Waals surface area contributed by atoms with E-state index in [0.717, 1.165) is 16.1 Å². The molecule has 5 heteroatoms. The molecule has 0 aromatic heterocycles. The van der Waals surface area contributed by atoms with Gasteiger partial charge in [0.25, 0.3) is 0 Å². The molecule has 0 atom stereocenters. The molecule has 0 aliphatic rings. The van der Waals surface area contributed by atoms with Crippen molar-refractivity contribution >= 4 is 39.9 Å². The Hall–Kier alpha value is -1.78. The number of rotatable bonds is 4. The van der Waals surface area contributed by atoms with Crippen molar-refractivity contribution in [2.45, 2.75) is 18.7 Å². The summed E-state index contributed by atoms with van der Waals surface area (Å²) in [5.41, 5.74) is 4.89. The van der Waals surface area contributed by atoms with Gasteiger partial charge in [0.15, 0.2) is 10.8 Å². The smallest absolute Gasteiger partial charge is 0.186 e. The van der Waals surface area contributed by atoms with Crippen molar-refractivity contribution in [3.63, 3.8) is 0 Å². The van der Waals surface area contributed by atoms with Gasteiger partial charge in [-0.3, -0.25) is 10.2 Å². The van der Waals surface area contributed by atoms with Crippen molar-refractivity contribution in [3.05, 3.63) is 59.1 Å².